The van der Waals surface area contributed by atoms with Crippen LogP contribution in [0.1, 0.15) is 54.8 Å². The molecule has 7 heteroatoms. The molecule has 0 aliphatic heterocycles. The van der Waals surface area contributed by atoms with Crippen LogP contribution in [0.15, 0.2) is 17.2 Å². The first-order valence-electron chi connectivity index (χ1n) is 9.43. The third-order valence-corrected chi connectivity index (χ3v) is 6.51. The van der Waals surface area contributed by atoms with Gasteiger partial charge >= 0.3 is 5.97 Å². The molecule has 2 heterocycles. The summed E-state index contributed by atoms with van der Waals surface area (Å²) in [6.45, 7) is 11.4. The lowest BCUT2D eigenvalue weighted by Crippen LogP contribution is -2.25. The van der Waals surface area contributed by atoms with Gasteiger partial charge in [0, 0.05) is 5.56 Å². The highest BCUT2D eigenvalue weighted by atomic mass is 32.1. The van der Waals surface area contributed by atoms with Crippen LogP contribution in [0.4, 0.5) is 0 Å². The molecule has 0 radical (unpaired) electrons. The number of rotatable bonds is 5. The molecule has 0 bridgehead atoms. The molecule has 0 aliphatic rings. The third kappa shape index (κ3) is 3.62. The number of fused-ring (bicyclic) bond motifs is 1. The van der Waals surface area contributed by atoms with Gasteiger partial charge in [0.15, 0.2) is 5.78 Å². The molecule has 0 amide bonds. The van der Waals surface area contributed by atoms with Gasteiger partial charge in [-0.25, -0.2) is 9.78 Å². The fourth-order valence-electron chi connectivity index (χ4n) is 3.61. The van der Waals surface area contributed by atoms with E-state index in [-0.39, 0.29) is 24.5 Å². The van der Waals surface area contributed by atoms with E-state index >= 15 is 0 Å². The molecule has 0 atom stereocenters. The van der Waals surface area contributed by atoms with Gasteiger partial charge in [-0.15, -0.1) is 11.3 Å². The smallest absolute Gasteiger partial charge is 0.348 e. The summed E-state index contributed by atoms with van der Waals surface area (Å²) in [5, 5.41) is 0.363. The molecular formula is C22H24N2O4S. The Balaban J connectivity index is 2.04. The summed E-state index contributed by atoms with van der Waals surface area (Å²) in [6, 6.07) is 1.99. The molecule has 0 aliphatic carbocycles. The number of ketones is 1. The van der Waals surface area contributed by atoms with Gasteiger partial charge < -0.3 is 4.74 Å². The summed E-state index contributed by atoms with van der Waals surface area (Å²) in [5.74, 6) is -0.596. The van der Waals surface area contributed by atoms with Crippen molar-refractivity contribution in [3.63, 3.8) is 0 Å². The quantitative estimate of drug-likeness (QED) is 0.466. The van der Waals surface area contributed by atoms with Crippen molar-refractivity contribution in [2.75, 3.05) is 6.61 Å². The summed E-state index contributed by atoms with van der Waals surface area (Å²) >= 11 is 1.13. The lowest BCUT2D eigenvalue weighted by atomic mass is 9.92. The highest BCUT2D eigenvalue weighted by Crippen LogP contribution is 2.27. The van der Waals surface area contributed by atoms with Crippen LogP contribution in [-0.2, 0) is 11.3 Å². The number of esters is 1. The van der Waals surface area contributed by atoms with E-state index in [4.69, 9.17) is 4.74 Å². The average molecular weight is 413 g/mol. The largest absolute Gasteiger partial charge is 0.462 e. The maximum Gasteiger partial charge on any atom is 0.348 e. The standard InChI is InChI=1S/C22H24N2O4S/c1-7-28-22(27)19-15(6)18-20(29-19)23-10-24(21(18)26)9-16(25)17-12(3)8-11(2)13(4)14(17)5/h8,10H,7,9H2,1-6H3. The Hall–Kier alpha value is -2.80. The van der Waals surface area contributed by atoms with Crippen molar-refractivity contribution in [2.45, 2.75) is 48.1 Å². The minimum atomic E-state index is -0.462. The average Bonchev–Trinajstić information content (AvgIpc) is 3.00. The van der Waals surface area contributed by atoms with E-state index in [1.165, 1.54) is 10.9 Å². The molecule has 1 aromatic carbocycles. The van der Waals surface area contributed by atoms with Gasteiger partial charge in [-0.05, 0) is 69.4 Å². The monoisotopic (exact) mass is 412 g/mol. The number of aromatic nitrogens is 2. The van der Waals surface area contributed by atoms with Crippen LogP contribution >= 0.6 is 11.3 Å². The van der Waals surface area contributed by atoms with Gasteiger partial charge in [-0.3, -0.25) is 14.2 Å². The SMILES string of the molecule is CCOC(=O)c1sc2ncn(CC(=O)c3c(C)cc(C)c(C)c3C)c(=O)c2c1C. The van der Waals surface area contributed by atoms with E-state index in [0.29, 0.717) is 26.2 Å². The second-order valence-electron chi connectivity index (χ2n) is 7.19. The van der Waals surface area contributed by atoms with Gasteiger partial charge in [0.25, 0.3) is 5.56 Å². The summed E-state index contributed by atoms with van der Waals surface area (Å²) in [7, 11) is 0. The molecule has 0 spiro atoms. The van der Waals surface area contributed by atoms with E-state index < -0.39 is 5.97 Å². The van der Waals surface area contributed by atoms with Crippen LogP contribution < -0.4 is 5.56 Å². The molecule has 6 nitrogen and oxygen atoms in total. The summed E-state index contributed by atoms with van der Waals surface area (Å²) in [6.07, 6.45) is 1.37. The number of ether oxygens (including phenoxy) is 1. The van der Waals surface area contributed by atoms with E-state index in [1.54, 1.807) is 13.8 Å². The van der Waals surface area contributed by atoms with E-state index in [0.717, 1.165) is 33.6 Å². The number of nitrogens with zero attached hydrogens (tertiary/aromatic N) is 2. The lowest BCUT2D eigenvalue weighted by molar-refractivity contribution is 0.0531. The maximum atomic E-state index is 13.0. The number of carbonyl (C=O) groups is 2. The van der Waals surface area contributed by atoms with Crippen molar-refractivity contribution in [1.82, 2.24) is 9.55 Å². The number of carbonyl (C=O) groups excluding carboxylic acids is 2. The molecular weight excluding hydrogens is 388 g/mol. The third-order valence-electron chi connectivity index (χ3n) is 5.33. The van der Waals surface area contributed by atoms with Crippen molar-refractivity contribution in [1.29, 1.82) is 0 Å². The molecule has 29 heavy (non-hydrogen) atoms. The van der Waals surface area contributed by atoms with Crippen molar-refractivity contribution in [3.8, 4) is 0 Å². The van der Waals surface area contributed by atoms with Gasteiger partial charge in [0.1, 0.15) is 9.71 Å². The molecule has 152 valence electrons. The zero-order chi connectivity index (χ0) is 21.5. The molecule has 3 aromatic rings. The Labute approximate surface area is 173 Å². The fraction of sp³-hybridized carbons (Fsp3) is 0.364. The molecule has 2 aromatic heterocycles. The number of benzene rings is 1. The Morgan fingerprint density at radius 2 is 1.76 bits per heavy atom. The van der Waals surface area contributed by atoms with Crippen LogP contribution in [0.5, 0.6) is 0 Å². The minimum Gasteiger partial charge on any atom is -0.462 e. The van der Waals surface area contributed by atoms with E-state index in [9.17, 15) is 14.4 Å². The number of thiophene rings is 1. The summed E-state index contributed by atoms with van der Waals surface area (Å²) in [4.78, 5) is 43.3. The highest BCUT2D eigenvalue weighted by molar-refractivity contribution is 7.20. The predicted octanol–water partition coefficient (Wildman–Crippen LogP) is 4.06. The first-order chi connectivity index (χ1) is 13.7. The van der Waals surface area contributed by atoms with Crippen LogP contribution in [0.25, 0.3) is 10.2 Å². The Morgan fingerprint density at radius 1 is 1.07 bits per heavy atom. The van der Waals surface area contributed by atoms with Gasteiger partial charge in [0.05, 0.1) is 24.9 Å². The van der Waals surface area contributed by atoms with Crippen molar-refractivity contribution in [3.05, 3.63) is 61.0 Å². The Kier molecular flexibility index (Phi) is 5.71. The van der Waals surface area contributed by atoms with Gasteiger partial charge in [-0.1, -0.05) is 6.07 Å². The van der Waals surface area contributed by atoms with Crippen molar-refractivity contribution in [2.24, 2.45) is 0 Å². The normalized spacial score (nSPS) is 11.1. The second kappa shape index (κ2) is 7.91. The summed E-state index contributed by atoms with van der Waals surface area (Å²) in [5.41, 5.74) is 4.91. The van der Waals surface area contributed by atoms with Crippen molar-refractivity contribution >= 4 is 33.3 Å². The van der Waals surface area contributed by atoms with E-state index in [2.05, 4.69) is 4.98 Å². The number of hydrogen-bond acceptors (Lipinski definition) is 6. The topological polar surface area (TPSA) is 78.3 Å². The Morgan fingerprint density at radius 3 is 2.41 bits per heavy atom. The zero-order valence-corrected chi connectivity index (χ0v) is 18.3. The number of aryl methyl sites for hydroxylation is 3. The minimum absolute atomic E-state index is 0.101. The molecule has 0 unspecified atom stereocenters. The van der Waals surface area contributed by atoms with Crippen LogP contribution in [0.2, 0.25) is 0 Å². The molecule has 3 rings (SSSR count). The number of Topliss-reactive ketones (excluding diaryl/α,β-unsaturated/α-hetero) is 1. The lowest BCUT2D eigenvalue weighted by Gasteiger charge is -2.14. The van der Waals surface area contributed by atoms with Crippen LogP contribution in [0, 0.1) is 34.6 Å². The first-order valence-corrected chi connectivity index (χ1v) is 10.2. The van der Waals surface area contributed by atoms with E-state index in [1.807, 2.05) is 33.8 Å². The van der Waals surface area contributed by atoms with Gasteiger partial charge in [-0.2, -0.15) is 0 Å². The molecule has 0 saturated carbocycles. The highest BCUT2D eigenvalue weighted by Gasteiger charge is 2.22. The van der Waals surface area contributed by atoms with Gasteiger partial charge in [0.2, 0.25) is 0 Å². The summed E-state index contributed by atoms with van der Waals surface area (Å²) < 4.78 is 6.37. The van der Waals surface area contributed by atoms with Crippen LogP contribution in [-0.4, -0.2) is 27.9 Å². The maximum absolute atomic E-state index is 13.0. The molecule has 0 saturated heterocycles. The Bertz CT molecular complexity index is 1200. The fourth-order valence-corrected chi connectivity index (χ4v) is 4.64. The second-order valence-corrected chi connectivity index (χ2v) is 8.19. The zero-order valence-electron chi connectivity index (χ0n) is 17.5. The van der Waals surface area contributed by atoms with Crippen LogP contribution in [0.3, 0.4) is 0 Å². The first kappa shape index (κ1) is 20.9. The predicted molar refractivity (Wildman–Crippen MR) is 114 cm³/mol. The van der Waals surface area contributed by atoms with Crippen molar-refractivity contribution < 1.29 is 14.3 Å². The molecule has 0 fully saturated rings. The molecule has 0 N–H and O–H groups in total. The number of hydrogen-bond donors (Lipinski definition) is 0.